The van der Waals surface area contributed by atoms with Gasteiger partial charge in [-0.3, -0.25) is 4.79 Å². The van der Waals surface area contributed by atoms with E-state index in [0.717, 1.165) is 30.7 Å². The Labute approximate surface area is 217 Å². The van der Waals surface area contributed by atoms with Crippen molar-refractivity contribution in [2.45, 2.75) is 69.5 Å². The van der Waals surface area contributed by atoms with Crippen molar-refractivity contribution in [2.24, 2.45) is 11.1 Å². The van der Waals surface area contributed by atoms with Gasteiger partial charge in [0.2, 0.25) is 5.91 Å². The lowest BCUT2D eigenvalue weighted by molar-refractivity contribution is -0.154. The van der Waals surface area contributed by atoms with Gasteiger partial charge < -0.3 is 24.7 Å². The standard InChI is InChI=1S/C25H30F3N5O5/c1-13(35)32-4-2-14(3-5-32)22-9-16(30-38-22)8-17-10-21(25(36)23(12-34)37-17)33-11-20(29-31-33)15-6-18(26)24(28)19(27)7-15/h6-7,11,14,17,21-23,25,34,36H,2-5,8-10,12H2,1H3/t17-,21-,22?,23+,25+/m0/s1. The molecule has 3 aliphatic rings. The van der Waals surface area contributed by atoms with Gasteiger partial charge in [0.05, 0.1) is 30.7 Å². The molecule has 5 atom stereocenters. The molecule has 2 fully saturated rings. The number of hydrogen-bond acceptors (Lipinski definition) is 8. The van der Waals surface area contributed by atoms with Crippen molar-refractivity contribution in [3.8, 4) is 11.3 Å². The van der Waals surface area contributed by atoms with Gasteiger partial charge in [0, 0.05) is 44.3 Å². The molecule has 1 aromatic heterocycles. The molecule has 4 heterocycles. The van der Waals surface area contributed by atoms with E-state index >= 15 is 0 Å². The summed E-state index contributed by atoms with van der Waals surface area (Å²) >= 11 is 0. The first-order chi connectivity index (χ1) is 18.2. The van der Waals surface area contributed by atoms with E-state index in [4.69, 9.17) is 9.57 Å². The number of nitrogens with zero attached hydrogens (tertiary/aromatic N) is 5. The number of rotatable bonds is 6. The lowest BCUT2D eigenvalue weighted by Gasteiger charge is -2.38. The van der Waals surface area contributed by atoms with Crippen molar-refractivity contribution in [1.29, 1.82) is 0 Å². The van der Waals surface area contributed by atoms with Crippen LogP contribution in [0.2, 0.25) is 0 Å². The Morgan fingerprint density at radius 2 is 1.89 bits per heavy atom. The number of aliphatic hydroxyl groups excluding tert-OH is 2. The lowest BCUT2D eigenvalue weighted by Crippen LogP contribution is -2.48. The van der Waals surface area contributed by atoms with E-state index in [0.29, 0.717) is 38.3 Å². The summed E-state index contributed by atoms with van der Waals surface area (Å²) in [6.45, 7) is 2.56. The van der Waals surface area contributed by atoms with E-state index in [1.54, 1.807) is 6.92 Å². The van der Waals surface area contributed by atoms with Crippen LogP contribution in [-0.4, -0.2) is 85.8 Å². The predicted molar refractivity (Wildman–Crippen MR) is 127 cm³/mol. The Morgan fingerprint density at radius 1 is 1.18 bits per heavy atom. The minimum atomic E-state index is -1.57. The van der Waals surface area contributed by atoms with Crippen molar-refractivity contribution in [3.05, 3.63) is 35.8 Å². The maximum absolute atomic E-state index is 13.7. The highest BCUT2D eigenvalue weighted by molar-refractivity contribution is 5.86. The second-order valence-electron chi connectivity index (χ2n) is 10.2. The average molecular weight is 538 g/mol. The summed E-state index contributed by atoms with van der Waals surface area (Å²) in [5, 5.41) is 32.9. The number of ether oxygens (including phenoxy) is 1. The third kappa shape index (κ3) is 5.40. The molecule has 0 radical (unpaired) electrons. The van der Waals surface area contributed by atoms with Crippen molar-refractivity contribution >= 4 is 11.6 Å². The molecule has 206 valence electrons. The van der Waals surface area contributed by atoms with Crippen molar-refractivity contribution in [2.75, 3.05) is 19.7 Å². The van der Waals surface area contributed by atoms with Crippen LogP contribution in [-0.2, 0) is 14.4 Å². The fourth-order valence-electron chi connectivity index (χ4n) is 5.53. The number of halogens is 3. The Hall–Kier alpha value is -3.03. The summed E-state index contributed by atoms with van der Waals surface area (Å²) in [5.74, 6) is -3.88. The number of piperidine rings is 1. The summed E-state index contributed by atoms with van der Waals surface area (Å²) in [5.41, 5.74) is 0.922. The molecule has 0 bridgehead atoms. The molecule has 13 heteroatoms. The third-order valence-corrected chi connectivity index (χ3v) is 7.68. The van der Waals surface area contributed by atoms with Crippen molar-refractivity contribution in [3.63, 3.8) is 0 Å². The minimum Gasteiger partial charge on any atom is -0.394 e. The fraction of sp³-hybridized carbons (Fsp3) is 0.600. The van der Waals surface area contributed by atoms with Crippen molar-refractivity contribution in [1.82, 2.24) is 19.9 Å². The average Bonchev–Trinajstić information content (AvgIpc) is 3.58. The number of aliphatic hydroxyl groups is 2. The Bertz CT molecular complexity index is 1180. The molecule has 1 aromatic carbocycles. The van der Waals surface area contributed by atoms with E-state index in [1.165, 1.54) is 10.9 Å². The zero-order valence-electron chi connectivity index (χ0n) is 20.8. The number of likely N-dealkylation sites (tertiary alicyclic amines) is 1. The minimum absolute atomic E-state index is 0.00194. The van der Waals surface area contributed by atoms with E-state index in [-0.39, 0.29) is 23.3 Å². The van der Waals surface area contributed by atoms with Gasteiger partial charge in [0.15, 0.2) is 17.5 Å². The van der Waals surface area contributed by atoms with E-state index in [9.17, 15) is 28.2 Å². The monoisotopic (exact) mass is 537 g/mol. The molecule has 38 heavy (non-hydrogen) atoms. The van der Waals surface area contributed by atoms with E-state index < -0.39 is 48.4 Å². The number of amides is 1. The highest BCUT2D eigenvalue weighted by atomic mass is 19.2. The SMILES string of the molecule is CC(=O)N1CCC(C2CC(C[C@H]3C[C@H](n4cc(-c5cc(F)c(F)c(F)c5)nn4)[C@@H](O)[C@@H](CO)O3)=NO2)CC1. The van der Waals surface area contributed by atoms with Crippen LogP contribution < -0.4 is 0 Å². The predicted octanol–water partition coefficient (Wildman–Crippen LogP) is 2.21. The molecule has 1 unspecified atom stereocenters. The van der Waals surface area contributed by atoms with Gasteiger partial charge in [0.1, 0.15) is 24.0 Å². The molecule has 0 saturated carbocycles. The van der Waals surface area contributed by atoms with E-state index in [2.05, 4.69) is 15.5 Å². The second kappa shape index (κ2) is 11.0. The van der Waals surface area contributed by atoms with Crippen LogP contribution >= 0.6 is 0 Å². The molecule has 10 nitrogen and oxygen atoms in total. The molecular weight excluding hydrogens is 507 g/mol. The number of oxime groups is 1. The molecule has 2 N–H and O–H groups in total. The Kier molecular flexibility index (Phi) is 7.68. The second-order valence-corrected chi connectivity index (χ2v) is 10.2. The van der Waals surface area contributed by atoms with Crippen LogP contribution in [0, 0.1) is 23.4 Å². The summed E-state index contributed by atoms with van der Waals surface area (Å²) < 4.78 is 48.0. The van der Waals surface area contributed by atoms with Gasteiger partial charge >= 0.3 is 0 Å². The molecule has 5 rings (SSSR count). The molecular formula is C25H30F3N5O5. The molecule has 2 saturated heterocycles. The molecule has 3 aliphatic heterocycles. The third-order valence-electron chi connectivity index (χ3n) is 7.68. The van der Waals surface area contributed by atoms with Gasteiger partial charge in [-0.25, -0.2) is 17.9 Å². The highest BCUT2D eigenvalue weighted by Gasteiger charge is 2.41. The summed E-state index contributed by atoms with van der Waals surface area (Å²) in [7, 11) is 0. The number of aromatic nitrogens is 3. The normalized spacial score (nSPS) is 28.3. The summed E-state index contributed by atoms with van der Waals surface area (Å²) in [4.78, 5) is 19.1. The number of benzene rings is 1. The Balaban J connectivity index is 1.24. The van der Waals surface area contributed by atoms with Crippen LogP contribution in [0.4, 0.5) is 13.2 Å². The number of carbonyl (C=O) groups excluding carboxylic acids is 1. The molecule has 1 amide bonds. The van der Waals surface area contributed by atoms with E-state index in [1.807, 2.05) is 4.90 Å². The molecule has 0 aliphatic carbocycles. The zero-order valence-corrected chi connectivity index (χ0v) is 20.8. The first kappa shape index (κ1) is 26.6. The van der Waals surface area contributed by atoms with Crippen LogP contribution in [0.15, 0.2) is 23.5 Å². The maximum Gasteiger partial charge on any atom is 0.219 e. The summed E-state index contributed by atoms with van der Waals surface area (Å²) in [6.07, 6.45) is 2.02. The number of carbonyl (C=O) groups is 1. The van der Waals surface area contributed by atoms with Crippen LogP contribution in [0.3, 0.4) is 0 Å². The molecule has 0 spiro atoms. The lowest BCUT2D eigenvalue weighted by atomic mass is 9.87. The van der Waals surface area contributed by atoms with Gasteiger partial charge in [-0.1, -0.05) is 10.4 Å². The van der Waals surface area contributed by atoms with Crippen LogP contribution in [0.5, 0.6) is 0 Å². The molecule has 2 aromatic rings. The fourth-order valence-corrected chi connectivity index (χ4v) is 5.53. The van der Waals surface area contributed by atoms with Gasteiger partial charge in [-0.05, 0) is 31.4 Å². The maximum atomic E-state index is 13.7. The van der Waals surface area contributed by atoms with Gasteiger partial charge in [-0.2, -0.15) is 0 Å². The quantitative estimate of drug-likeness (QED) is 0.542. The smallest absolute Gasteiger partial charge is 0.219 e. The summed E-state index contributed by atoms with van der Waals surface area (Å²) in [6, 6.07) is 1.01. The topological polar surface area (TPSA) is 122 Å². The number of hydrogen-bond donors (Lipinski definition) is 2. The first-order valence-corrected chi connectivity index (χ1v) is 12.7. The highest BCUT2D eigenvalue weighted by Crippen LogP contribution is 2.34. The zero-order chi connectivity index (χ0) is 27.0. The van der Waals surface area contributed by atoms with Gasteiger partial charge in [-0.15, -0.1) is 5.10 Å². The largest absolute Gasteiger partial charge is 0.394 e. The Morgan fingerprint density at radius 3 is 2.55 bits per heavy atom. The van der Waals surface area contributed by atoms with Crippen LogP contribution in [0.25, 0.3) is 11.3 Å². The van der Waals surface area contributed by atoms with Crippen LogP contribution in [0.1, 0.15) is 45.1 Å². The first-order valence-electron chi connectivity index (χ1n) is 12.7. The van der Waals surface area contributed by atoms with Crippen molar-refractivity contribution < 1.29 is 37.8 Å². The van der Waals surface area contributed by atoms with Gasteiger partial charge in [0.25, 0.3) is 0 Å².